The zero-order valence-electron chi connectivity index (χ0n) is 13.4. The smallest absolute Gasteiger partial charge is 0.143 e. The number of nitrogens with one attached hydrogen (secondary N) is 1. The molecule has 126 valence electrons. The van der Waals surface area contributed by atoms with Gasteiger partial charge in [-0.05, 0) is 42.5 Å². The van der Waals surface area contributed by atoms with Crippen LogP contribution < -0.4 is 5.32 Å². The molecule has 0 unspecified atom stereocenters. The number of anilines is 2. The van der Waals surface area contributed by atoms with Gasteiger partial charge in [0.25, 0.3) is 0 Å². The molecule has 0 saturated carbocycles. The fraction of sp³-hybridized carbons (Fsp3) is 0. The molecule has 2 aromatic carbocycles. The first kappa shape index (κ1) is 16.1. The van der Waals surface area contributed by atoms with Crippen molar-refractivity contribution in [1.29, 1.82) is 5.26 Å². The lowest BCUT2D eigenvalue weighted by Gasteiger charge is -2.10. The molecule has 0 radical (unpaired) electrons. The topological polar surface area (TPSA) is 53.1 Å². The molecule has 6 heteroatoms. The molecule has 0 saturated heterocycles. The zero-order valence-corrected chi connectivity index (χ0v) is 14.2. The van der Waals surface area contributed by atoms with Crippen molar-refractivity contribution < 1.29 is 4.39 Å². The molecule has 2 aromatic heterocycles. The third-order valence-electron chi connectivity index (χ3n) is 3.98. The van der Waals surface area contributed by atoms with Gasteiger partial charge in [0.05, 0.1) is 22.2 Å². The summed E-state index contributed by atoms with van der Waals surface area (Å²) < 4.78 is 16.3. The fourth-order valence-electron chi connectivity index (χ4n) is 2.82. The predicted molar refractivity (Wildman–Crippen MR) is 100 cm³/mol. The van der Waals surface area contributed by atoms with Crippen LogP contribution in [0.25, 0.3) is 16.9 Å². The molecular weight excluding hydrogens is 351 g/mol. The third kappa shape index (κ3) is 2.77. The normalized spacial score (nSPS) is 10.7. The Balaban J connectivity index is 1.94. The highest BCUT2D eigenvalue weighted by atomic mass is 35.5. The number of hydrogen-bond donors (Lipinski definition) is 1. The van der Waals surface area contributed by atoms with E-state index in [0.717, 1.165) is 0 Å². The summed E-state index contributed by atoms with van der Waals surface area (Å²) in [6.07, 6.45) is 1.83. The van der Waals surface area contributed by atoms with Crippen LogP contribution in [0.15, 0.2) is 66.9 Å². The highest BCUT2D eigenvalue weighted by Gasteiger charge is 2.20. The number of fused-ring (bicyclic) bond motifs is 1. The molecule has 0 bridgehead atoms. The molecule has 0 aliphatic heterocycles. The van der Waals surface area contributed by atoms with Crippen LogP contribution in [0.1, 0.15) is 5.56 Å². The summed E-state index contributed by atoms with van der Waals surface area (Å²) in [5.74, 6) is 0.123. The van der Waals surface area contributed by atoms with E-state index in [-0.39, 0.29) is 10.6 Å². The van der Waals surface area contributed by atoms with Gasteiger partial charge in [0.2, 0.25) is 0 Å². The number of rotatable bonds is 3. The summed E-state index contributed by atoms with van der Waals surface area (Å²) in [4.78, 5) is 4.55. The predicted octanol–water partition coefficient (Wildman–Crippen LogP) is 5.41. The number of benzene rings is 2. The molecule has 0 amide bonds. The Hall–Kier alpha value is -3.36. The van der Waals surface area contributed by atoms with E-state index in [0.29, 0.717) is 28.4 Å². The molecule has 4 nitrogen and oxygen atoms in total. The molecular formula is C20H12ClFN4. The van der Waals surface area contributed by atoms with E-state index < -0.39 is 5.82 Å². The second-order valence-electron chi connectivity index (χ2n) is 5.65. The van der Waals surface area contributed by atoms with Crippen LogP contribution in [0, 0.1) is 17.1 Å². The van der Waals surface area contributed by atoms with Crippen LogP contribution in [0.3, 0.4) is 0 Å². The molecule has 1 N–H and O–H groups in total. The van der Waals surface area contributed by atoms with Crippen LogP contribution in [0.2, 0.25) is 5.02 Å². The van der Waals surface area contributed by atoms with E-state index in [9.17, 15) is 4.39 Å². The number of halogens is 2. The maximum atomic E-state index is 14.5. The Morgan fingerprint density at radius 2 is 1.92 bits per heavy atom. The van der Waals surface area contributed by atoms with Crippen LogP contribution in [0.4, 0.5) is 15.9 Å². The Bertz CT molecular complexity index is 1140. The van der Waals surface area contributed by atoms with Gasteiger partial charge < -0.3 is 5.32 Å². The van der Waals surface area contributed by atoms with Gasteiger partial charge in [-0.25, -0.2) is 9.37 Å². The number of imidazole rings is 1. The lowest BCUT2D eigenvalue weighted by atomic mass is 10.1. The second kappa shape index (κ2) is 6.51. The molecule has 0 aliphatic rings. The Morgan fingerprint density at radius 3 is 2.73 bits per heavy atom. The number of nitriles is 1. The maximum Gasteiger partial charge on any atom is 0.143 e. The molecule has 0 aliphatic carbocycles. The second-order valence-corrected chi connectivity index (χ2v) is 6.06. The van der Waals surface area contributed by atoms with Crippen molar-refractivity contribution in [2.24, 2.45) is 0 Å². The van der Waals surface area contributed by atoms with Crippen molar-refractivity contribution in [3.63, 3.8) is 0 Å². The van der Waals surface area contributed by atoms with Crippen LogP contribution in [-0.2, 0) is 0 Å². The van der Waals surface area contributed by atoms with Crippen LogP contribution in [0.5, 0.6) is 0 Å². The van der Waals surface area contributed by atoms with Gasteiger partial charge in [0, 0.05) is 11.9 Å². The third-order valence-corrected chi connectivity index (χ3v) is 4.30. The van der Waals surface area contributed by atoms with E-state index in [1.165, 1.54) is 6.07 Å². The van der Waals surface area contributed by atoms with E-state index >= 15 is 0 Å². The van der Waals surface area contributed by atoms with Gasteiger partial charge in [-0.15, -0.1) is 0 Å². The van der Waals surface area contributed by atoms with E-state index in [4.69, 9.17) is 16.9 Å². The summed E-state index contributed by atoms with van der Waals surface area (Å²) in [5, 5.41) is 12.6. The molecule has 26 heavy (non-hydrogen) atoms. The highest BCUT2D eigenvalue weighted by molar-refractivity contribution is 6.33. The minimum atomic E-state index is -0.449. The van der Waals surface area contributed by atoms with Crippen LogP contribution >= 0.6 is 11.6 Å². The highest BCUT2D eigenvalue weighted by Crippen LogP contribution is 2.36. The van der Waals surface area contributed by atoms with Crippen molar-refractivity contribution in [2.45, 2.75) is 0 Å². The van der Waals surface area contributed by atoms with Gasteiger partial charge in [-0.1, -0.05) is 29.8 Å². The molecule has 2 heterocycles. The van der Waals surface area contributed by atoms with Crippen molar-refractivity contribution in [3.05, 3.63) is 83.3 Å². The monoisotopic (exact) mass is 362 g/mol. The van der Waals surface area contributed by atoms with Crippen LogP contribution in [-0.4, -0.2) is 9.38 Å². The molecule has 0 atom stereocenters. The first-order valence-corrected chi connectivity index (χ1v) is 8.24. The lowest BCUT2D eigenvalue weighted by molar-refractivity contribution is 0.631. The Labute approximate surface area is 154 Å². The summed E-state index contributed by atoms with van der Waals surface area (Å²) in [6, 6.07) is 19.2. The summed E-state index contributed by atoms with van der Waals surface area (Å²) in [6.45, 7) is 0. The Morgan fingerprint density at radius 1 is 1.08 bits per heavy atom. The standard InChI is InChI=1S/C20H12ClFN4/c21-15-7-4-8-16(22)18(15)19-20(26-10-2-1-9-17(26)25-19)24-14-6-3-5-13(11-14)12-23/h1-11,24H. The summed E-state index contributed by atoms with van der Waals surface area (Å²) >= 11 is 6.25. The molecule has 0 fully saturated rings. The minimum Gasteiger partial charge on any atom is -0.339 e. The molecule has 0 spiro atoms. The van der Waals surface area contributed by atoms with Gasteiger partial charge in [-0.2, -0.15) is 5.26 Å². The quantitative estimate of drug-likeness (QED) is 0.530. The number of nitrogens with zero attached hydrogens (tertiary/aromatic N) is 3. The summed E-state index contributed by atoms with van der Waals surface area (Å²) in [7, 11) is 0. The zero-order chi connectivity index (χ0) is 18.1. The van der Waals surface area contributed by atoms with Gasteiger partial charge >= 0.3 is 0 Å². The van der Waals surface area contributed by atoms with Crippen molar-refractivity contribution in [2.75, 3.05) is 5.32 Å². The van der Waals surface area contributed by atoms with Crippen molar-refractivity contribution >= 4 is 28.8 Å². The van der Waals surface area contributed by atoms with Gasteiger partial charge in [0.1, 0.15) is 23.0 Å². The first-order valence-electron chi connectivity index (χ1n) is 7.86. The minimum absolute atomic E-state index is 0.233. The van der Waals surface area contributed by atoms with E-state index in [2.05, 4.69) is 16.4 Å². The number of aromatic nitrogens is 2. The van der Waals surface area contributed by atoms with Crippen molar-refractivity contribution in [1.82, 2.24) is 9.38 Å². The summed E-state index contributed by atoms with van der Waals surface area (Å²) in [5.41, 5.74) is 2.51. The fourth-order valence-corrected chi connectivity index (χ4v) is 3.07. The molecule has 4 rings (SSSR count). The van der Waals surface area contributed by atoms with E-state index in [1.54, 1.807) is 30.3 Å². The average molecular weight is 363 g/mol. The number of pyridine rings is 1. The lowest BCUT2D eigenvalue weighted by Crippen LogP contribution is -1.98. The number of hydrogen-bond acceptors (Lipinski definition) is 3. The Kier molecular flexibility index (Phi) is 4.04. The van der Waals surface area contributed by atoms with Gasteiger partial charge in [-0.3, -0.25) is 4.40 Å². The van der Waals surface area contributed by atoms with E-state index in [1.807, 2.05) is 34.9 Å². The first-order chi connectivity index (χ1) is 12.7. The van der Waals surface area contributed by atoms with Crippen molar-refractivity contribution in [3.8, 4) is 17.3 Å². The van der Waals surface area contributed by atoms with Gasteiger partial charge in [0.15, 0.2) is 0 Å². The largest absolute Gasteiger partial charge is 0.339 e. The SMILES string of the molecule is N#Cc1cccc(Nc2c(-c3c(F)cccc3Cl)nc3ccccn23)c1. The maximum absolute atomic E-state index is 14.5. The average Bonchev–Trinajstić information content (AvgIpc) is 3.00. The molecule has 4 aromatic rings.